The lowest BCUT2D eigenvalue weighted by molar-refractivity contribution is -0.142. The van der Waals surface area contributed by atoms with Gasteiger partial charge in [0.05, 0.1) is 12.7 Å². The first-order valence-corrected chi connectivity index (χ1v) is 7.13. The number of ether oxygens (including phenoxy) is 1. The summed E-state index contributed by atoms with van der Waals surface area (Å²) in [7, 11) is 0.930. The van der Waals surface area contributed by atoms with Crippen LogP contribution in [-0.4, -0.2) is 7.11 Å². The lowest BCUT2D eigenvalue weighted by Gasteiger charge is -2.17. The van der Waals surface area contributed by atoms with E-state index in [9.17, 15) is 26.3 Å². The van der Waals surface area contributed by atoms with E-state index in [1.54, 1.807) is 12.1 Å². The Hall–Kier alpha value is -2.18. The van der Waals surface area contributed by atoms with Crippen LogP contribution in [0, 0.1) is 17.5 Å². The van der Waals surface area contributed by atoms with Crippen LogP contribution in [0.15, 0.2) is 24.3 Å². The molecule has 2 aromatic carbocycles. The van der Waals surface area contributed by atoms with E-state index in [1.807, 2.05) is 6.92 Å². The predicted octanol–water partition coefficient (Wildman–Crippen LogP) is 5.75. The molecule has 0 N–H and O–H groups in total. The van der Waals surface area contributed by atoms with Crippen molar-refractivity contribution in [3.63, 3.8) is 0 Å². The molecule has 130 valence electrons. The van der Waals surface area contributed by atoms with Crippen LogP contribution < -0.4 is 4.74 Å². The van der Waals surface area contributed by atoms with Crippen LogP contribution in [-0.2, 0) is 12.6 Å². The number of alkyl halides is 3. The number of hydrogen-bond donors (Lipinski definition) is 0. The second kappa shape index (κ2) is 6.75. The SMILES string of the molecule is CCCc1ccc(-c2c(F)c(C(F)(F)F)c(F)c(F)c2OC)cc1. The van der Waals surface area contributed by atoms with E-state index in [2.05, 4.69) is 4.74 Å². The summed E-state index contributed by atoms with van der Waals surface area (Å²) in [4.78, 5) is 0. The number of rotatable bonds is 4. The highest BCUT2D eigenvalue weighted by Gasteiger charge is 2.42. The molecule has 0 aliphatic carbocycles. The van der Waals surface area contributed by atoms with Crippen molar-refractivity contribution in [1.82, 2.24) is 0 Å². The van der Waals surface area contributed by atoms with Crippen molar-refractivity contribution in [3.05, 3.63) is 52.8 Å². The highest BCUT2D eigenvalue weighted by atomic mass is 19.4. The van der Waals surface area contributed by atoms with Gasteiger partial charge in [0, 0.05) is 0 Å². The van der Waals surface area contributed by atoms with Gasteiger partial charge in [0.1, 0.15) is 11.4 Å². The molecule has 0 aromatic heterocycles. The second-order valence-corrected chi connectivity index (χ2v) is 5.17. The lowest BCUT2D eigenvalue weighted by Crippen LogP contribution is -2.15. The third kappa shape index (κ3) is 3.20. The van der Waals surface area contributed by atoms with E-state index >= 15 is 0 Å². The molecule has 0 atom stereocenters. The highest BCUT2D eigenvalue weighted by Crippen LogP contribution is 2.44. The Balaban J connectivity index is 2.74. The van der Waals surface area contributed by atoms with E-state index in [0.717, 1.165) is 25.5 Å². The average Bonchev–Trinajstić information content (AvgIpc) is 2.50. The second-order valence-electron chi connectivity index (χ2n) is 5.17. The zero-order valence-electron chi connectivity index (χ0n) is 12.9. The highest BCUT2D eigenvalue weighted by molar-refractivity contribution is 5.73. The summed E-state index contributed by atoms with van der Waals surface area (Å²) >= 11 is 0. The minimum atomic E-state index is -5.38. The molecular formula is C17H14F6O. The third-order valence-corrected chi connectivity index (χ3v) is 3.55. The molecule has 0 unspecified atom stereocenters. The van der Waals surface area contributed by atoms with Crippen LogP contribution in [0.1, 0.15) is 24.5 Å². The third-order valence-electron chi connectivity index (χ3n) is 3.55. The number of benzene rings is 2. The number of halogens is 6. The van der Waals surface area contributed by atoms with Gasteiger partial charge >= 0.3 is 6.18 Å². The van der Waals surface area contributed by atoms with Crippen molar-refractivity contribution < 1.29 is 31.1 Å². The Labute approximate surface area is 134 Å². The first-order valence-electron chi connectivity index (χ1n) is 7.13. The zero-order chi connectivity index (χ0) is 18.1. The van der Waals surface area contributed by atoms with Crippen LogP contribution in [0.4, 0.5) is 26.3 Å². The number of methoxy groups -OCH3 is 1. The molecule has 0 bridgehead atoms. The molecule has 0 aliphatic rings. The van der Waals surface area contributed by atoms with Gasteiger partial charge in [-0.15, -0.1) is 0 Å². The van der Waals surface area contributed by atoms with E-state index in [-0.39, 0.29) is 5.56 Å². The van der Waals surface area contributed by atoms with Gasteiger partial charge in [-0.1, -0.05) is 37.6 Å². The molecule has 24 heavy (non-hydrogen) atoms. The van der Waals surface area contributed by atoms with Gasteiger partial charge in [-0.3, -0.25) is 0 Å². The van der Waals surface area contributed by atoms with E-state index in [0.29, 0.717) is 0 Å². The molecule has 0 radical (unpaired) electrons. The Morgan fingerprint density at radius 2 is 1.50 bits per heavy atom. The summed E-state index contributed by atoms with van der Waals surface area (Å²) in [5, 5.41) is 0. The standard InChI is InChI=1S/C17H14F6O/c1-3-4-9-5-7-10(8-6-9)11-13(18)12(17(21,22)23)14(19)15(20)16(11)24-2/h5-8H,3-4H2,1-2H3. The molecule has 7 heteroatoms. The van der Waals surface area contributed by atoms with Crippen molar-refractivity contribution in [2.24, 2.45) is 0 Å². The van der Waals surface area contributed by atoms with Crippen LogP contribution in [0.2, 0.25) is 0 Å². The minimum Gasteiger partial charge on any atom is -0.493 e. The first-order chi connectivity index (χ1) is 11.2. The van der Waals surface area contributed by atoms with E-state index in [4.69, 9.17) is 0 Å². The normalized spacial score (nSPS) is 11.7. The van der Waals surface area contributed by atoms with Crippen LogP contribution in [0.25, 0.3) is 11.1 Å². The number of aryl methyl sites for hydroxylation is 1. The molecule has 2 aromatic rings. The maximum Gasteiger partial charge on any atom is 0.422 e. The molecule has 0 saturated heterocycles. The first kappa shape index (κ1) is 18.2. The molecule has 0 amide bonds. The van der Waals surface area contributed by atoms with Gasteiger partial charge < -0.3 is 4.74 Å². The van der Waals surface area contributed by atoms with Crippen molar-refractivity contribution >= 4 is 0 Å². The Kier molecular flexibility index (Phi) is 5.11. The fraction of sp³-hybridized carbons (Fsp3) is 0.294. The van der Waals surface area contributed by atoms with Crippen LogP contribution in [0.3, 0.4) is 0 Å². The Bertz CT molecular complexity index is 734. The van der Waals surface area contributed by atoms with E-state index in [1.165, 1.54) is 12.1 Å². The van der Waals surface area contributed by atoms with Gasteiger partial charge in [-0.2, -0.15) is 17.6 Å². The average molecular weight is 348 g/mol. The molecule has 0 heterocycles. The van der Waals surface area contributed by atoms with Gasteiger partial charge in [0.15, 0.2) is 11.6 Å². The minimum absolute atomic E-state index is 0.0337. The van der Waals surface area contributed by atoms with Gasteiger partial charge in [0.2, 0.25) is 5.82 Å². The lowest BCUT2D eigenvalue weighted by atomic mass is 9.97. The molecule has 0 spiro atoms. The monoisotopic (exact) mass is 348 g/mol. The topological polar surface area (TPSA) is 9.23 Å². The van der Waals surface area contributed by atoms with Crippen molar-refractivity contribution in [2.45, 2.75) is 25.9 Å². The molecule has 0 fully saturated rings. The summed E-state index contributed by atoms with van der Waals surface area (Å²) in [6.07, 6.45) is -3.80. The summed E-state index contributed by atoms with van der Waals surface area (Å²) in [5.74, 6) is -7.00. The maximum atomic E-state index is 14.4. The Morgan fingerprint density at radius 3 is 1.96 bits per heavy atom. The molecular weight excluding hydrogens is 334 g/mol. The van der Waals surface area contributed by atoms with Crippen LogP contribution in [0.5, 0.6) is 5.75 Å². The Morgan fingerprint density at radius 1 is 0.917 bits per heavy atom. The summed E-state index contributed by atoms with van der Waals surface area (Å²) in [5.41, 5.74) is -2.17. The largest absolute Gasteiger partial charge is 0.493 e. The molecule has 0 aliphatic heterocycles. The molecule has 0 saturated carbocycles. The van der Waals surface area contributed by atoms with Crippen LogP contribution >= 0.6 is 0 Å². The fourth-order valence-corrected chi connectivity index (χ4v) is 2.47. The van der Waals surface area contributed by atoms with Crippen molar-refractivity contribution in [3.8, 4) is 16.9 Å². The quantitative estimate of drug-likeness (QED) is 0.505. The smallest absolute Gasteiger partial charge is 0.422 e. The summed E-state index contributed by atoms with van der Waals surface area (Å²) < 4.78 is 85.3. The number of hydrogen-bond acceptors (Lipinski definition) is 1. The molecule has 1 nitrogen and oxygen atoms in total. The fourth-order valence-electron chi connectivity index (χ4n) is 2.47. The summed E-state index contributed by atoms with van der Waals surface area (Å²) in [6, 6.07) is 5.88. The van der Waals surface area contributed by atoms with Gasteiger partial charge in [0.25, 0.3) is 0 Å². The van der Waals surface area contributed by atoms with Gasteiger partial charge in [-0.05, 0) is 17.5 Å². The molecule has 2 rings (SSSR count). The predicted molar refractivity (Wildman–Crippen MR) is 77.3 cm³/mol. The summed E-state index contributed by atoms with van der Waals surface area (Å²) in [6.45, 7) is 1.95. The maximum absolute atomic E-state index is 14.4. The van der Waals surface area contributed by atoms with E-state index < -0.39 is 40.5 Å². The van der Waals surface area contributed by atoms with Crippen molar-refractivity contribution in [2.75, 3.05) is 7.11 Å². The van der Waals surface area contributed by atoms with Crippen molar-refractivity contribution in [1.29, 1.82) is 0 Å². The zero-order valence-corrected chi connectivity index (χ0v) is 12.9. The van der Waals surface area contributed by atoms with Gasteiger partial charge in [-0.25, -0.2) is 8.78 Å².